The number of nitrogens with one attached hydrogen (secondary N) is 1. The van der Waals surface area contributed by atoms with Crippen LogP contribution in [0.25, 0.3) is 6.08 Å². The van der Waals surface area contributed by atoms with Crippen molar-refractivity contribution in [2.45, 2.75) is 33.2 Å². The van der Waals surface area contributed by atoms with Gasteiger partial charge in [-0.3, -0.25) is 9.69 Å². The van der Waals surface area contributed by atoms with E-state index in [0.29, 0.717) is 35.5 Å². The summed E-state index contributed by atoms with van der Waals surface area (Å²) >= 11 is 5.32. The molecule has 1 aromatic carbocycles. The number of carbonyl (C=O) groups excluding carboxylic acids is 1. The first-order valence-electron chi connectivity index (χ1n) is 9.39. The molecule has 6 nitrogen and oxygen atoms in total. The van der Waals surface area contributed by atoms with Gasteiger partial charge in [-0.05, 0) is 55.4 Å². The van der Waals surface area contributed by atoms with Gasteiger partial charge in [0.2, 0.25) is 0 Å². The summed E-state index contributed by atoms with van der Waals surface area (Å²) < 4.78 is 16.9. The SMILES string of the molecule is CCCOc1ccc(/C=C2\NC(=S)N(Cc3ccco3)C2=O)c(OCCC)c1. The molecule has 0 aliphatic carbocycles. The van der Waals surface area contributed by atoms with Gasteiger partial charge in [0, 0.05) is 11.6 Å². The lowest BCUT2D eigenvalue weighted by atomic mass is 10.1. The fraction of sp³-hybridized carbons (Fsp3) is 0.333. The van der Waals surface area contributed by atoms with Gasteiger partial charge in [-0.1, -0.05) is 13.8 Å². The Bertz CT molecular complexity index is 861. The molecule has 0 radical (unpaired) electrons. The van der Waals surface area contributed by atoms with Gasteiger partial charge in [0.15, 0.2) is 5.11 Å². The summed E-state index contributed by atoms with van der Waals surface area (Å²) in [4.78, 5) is 14.3. The molecule has 2 aromatic rings. The monoisotopic (exact) mass is 400 g/mol. The highest BCUT2D eigenvalue weighted by Crippen LogP contribution is 2.28. The van der Waals surface area contributed by atoms with Gasteiger partial charge in [0.05, 0.1) is 26.0 Å². The minimum absolute atomic E-state index is 0.200. The van der Waals surface area contributed by atoms with Crippen molar-refractivity contribution < 1.29 is 18.7 Å². The Balaban J connectivity index is 1.82. The Kier molecular flexibility index (Phi) is 6.71. The minimum atomic E-state index is -0.200. The third-order valence-corrected chi connectivity index (χ3v) is 4.40. The Hall–Kier alpha value is -2.80. The van der Waals surface area contributed by atoms with Crippen LogP contribution in [0.4, 0.5) is 0 Å². The van der Waals surface area contributed by atoms with Gasteiger partial charge in [-0.2, -0.15) is 0 Å². The van der Waals surface area contributed by atoms with Gasteiger partial charge in [-0.15, -0.1) is 0 Å². The number of hydrogen-bond donors (Lipinski definition) is 1. The first kappa shape index (κ1) is 19.9. The van der Waals surface area contributed by atoms with Crippen LogP contribution >= 0.6 is 12.2 Å². The van der Waals surface area contributed by atoms with Crippen molar-refractivity contribution in [3.8, 4) is 11.5 Å². The number of carbonyl (C=O) groups is 1. The van der Waals surface area contributed by atoms with Crippen molar-refractivity contribution in [2.24, 2.45) is 0 Å². The Labute approximate surface area is 170 Å². The maximum Gasteiger partial charge on any atom is 0.276 e. The highest BCUT2D eigenvalue weighted by atomic mass is 32.1. The fourth-order valence-electron chi connectivity index (χ4n) is 2.71. The zero-order valence-electron chi connectivity index (χ0n) is 16.1. The van der Waals surface area contributed by atoms with Gasteiger partial charge >= 0.3 is 0 Å². The number of nitrogens with zero attached hydrogens (tertiary/aromatic N) is 1. The molecular formula is C21H24N2O4S. The van der Waals surface area contributed by atoms with Crippen molar-refractivity contribution in [3.05, 3.63) is 53.6 Å². The molecule has 0 atom stereocenters. The molecule has 1 saturated heterocycles. The van der Waals surface area contributed by atoms with E-state index in [4.69, 9.17) is 26.1 Å². The lowest BCUT2D eigenvalue weighted by Crippen LogP contribution is -2.29. The Morgan fingerprint density at radius 2 is 1.96 bits per heavy atom. The highest BCUT2D eigenvalue weighted by Gasteiger charge is 2.31. The third kappa shape index (κ3) is 4.72. The molecule has 0 bridgehead atoms. The molecule has 7 heteroatoms. The van der Waals surface area contributed by atoms with Crippen LogP contribution in [-0.4, -0.2) is 29.1 Å². The number of rotatable bonds is 9. The first-order chi connectivity index (χ1) is 13.6. The topological polar surface area (TPSA) is 63.9 Å². The van der Waals surface area contributed by atoms with E-state index in [2.05, 4.69) is 12.2 Å². The lowest BCUT2D eigenvalue weighted by Gasteiger charge is -2.12. The predicted molar refractivity (Wildman–Crippen MR) is 111 cm³/mol. The quantitative estimate of drug-likeness (QED) is 0.505. The predicted octanol–water partition coefficient (Wildman–Crippen LogP) is 4.12. The van der Waals surface area contributed by atoms with E-state index >= 15 is 0 Å². The van der Waals surface area contributed by atoms with E-state index in [1.807, 2.05) is 31.2 Å². The second-order valence-corrected chi connectivity index (χ2v) is 6.74. The molecule has 148 valence electrons. The normalized spacial score (nSPS) is 15.2. The molecule has 1 N–H and O–H groups in total. The van der Waals surface area contributed by atoms with Crippen LogP contribution in [0.1, 0.15) is 38.0 Å². The number of furan rings is 1. The Morgan fingerprint density at radius 3 is 2.68 bits per heavy atom. The summed E-state index contributed by atoms with van der Waals surface area (Å²) in [5.74, 6) is 1.89. The molecule has 1 amide bonds. The zero-order valence-corrected chi connectivity index (χ0v) is 16.9. The summed E-state index contributed by atoms with van der Waals surface area (Å²) in [6.45, 7) is 5.62. The molecule has 1 aromatic heterocycles. The fourth-order valence-corrected chi connectivity index (χ4v) is 2.97. The van der Waals surface area contributed by atoms with Crippen LogP contribution in [0.2, 0.25) is 0 Å². The van der Waals surface area contributed by atoms with Crippen molar-refractivity contribution in [3.63, 3.8) is 0 Å². The molecule has 2 heterocycles. The largest absolute Gasteiger partial charge is 0.493 e. The molecule has 28 heavy (non-hydrogen) atoms. The standard InChI is InChI=1S/C21H24N2O4S/c1-3-9-25-16-8-7-15(19(13-16)27-10-4-2)12-18-20(24)23(21(28)22-18)14-17-6-5-11-26-17/h5-8,11-13H,3-4,9-10,14H2,1-2H3,(H,22,28)/b18-12-. The van der Waals surface area contributed by atoms with Crippen LogP contribution in [0.5, 0.6) is 11.5 Å². The molecule has 0 spiro atoms. The average molecular weight is 401 g/mol. The molecular weight excluding hydrogens is 376 g/mol. The van der Waals surface area contributed by atoms with E-state index < -0.39 is 0 Å². The summed E-state index contributed by atoms with van der Waals surface area (Å²) in [5, 5.41) is 3.34. The number of hydrogen-bond acceptors (Lipinski definition) is 5. The minimum Gasteiger partial charge on any atom is -0.493 e. The molecule has 0 unspecified atom stereocenters. The maximum atomic E-state index is 12.8. The molecule has 0 saturated carbocycles. The first-order valence-corrected chi connectivity index (χ1v) is 9.79. The van der Waals surface area contributed by atoms with Crippen LogP contribution in [0, 0.1) is 0 Å². The molecule has 1 aliphatic heterocycles. The third-order valence-electron chi connectivity index (χ3n) is 4.08. The summed E-state index contributed by atoms with van der Waals surface area (Å²) in [6.07, 6.45) is 5.14. The molecule has 1 aliphatic rings. The van der Waals surface area contributed by atoms with Crippen LogP contribution in [-0.2, 0) is 11.3 Å². The second-order valence-electron chi connectivity index (χ2n) is 6.36. The van der Waals surface area contributed by atoms with Crippen molar-refractivity contribution >= 4 is 29.3 Å². The Morgan fingerprint density at radius 1 is 1.18 bits per heavy atom. The van der Waals surface area contributed by atoms with E-state index in [1.54, 1.807) is 18.4 Å². The van der Waals surface area contributed by atoms with Crippen LogP contribution in [0.3, 0.4) is 0 Å². The van der Waals surface area contributed by atoms with E-state index in [-0.39, 0.29) is 12.5 Å². The summed E-state index contributed by atoms with van der Waals surface area (Å²) in [7, 11) is 0. The van der Waals surface area contributed by atoms with Gasteiger partial charge in [-0.25, -0.2) is 0 Å². The molecule has 3 rings (SSSR count). The van der Waals surface area contributed by atoms with Crippen molar-refractivity contribution in [1.29, 1.82) is 0 Å². The molecule has 1 fully saturated rings. The smallest absolute Gasteiger partial charge is 0.276 e. The lowest BCUT2D eigenvalue weighted by molar-refractivity contribution is -0.122. The van der Waals surface area contributed by atoms with E-state index in [9.17, 15) is 4.79 Å². The number of amides is 1. The van der Waals surface area contributed by atoms with E-state index in [1.165, 1.54) is 4.90 Å². The highest BCUT2D eigenvalue weighted by molar-refractivity contribution is 7.80. The number of ether oxygens (including phenoxy) is 2. The zero-order chi connectivity index (χ0) is 19.9. The number of benzene rings is 1. The van der Waals surface area contributed by atoms with E-state index in [0.717, 1.165) is 24.2 Å². The van der Waals surface area contributed by atoms with Gasteiger partial charge in [0.1, 0.15) is 23.0 Å². The summed E-state index contributed by atoms with van der Waals surface area (Å²) in [6, 6.07) is 9.21. The number of thiocarbonyl (C=S) groups is 1. The van der Waals surface area contributed by atoms with Crippen LogP contribution < -0.4 is 14.8 Å². The van der Waals surface area contributed by atoms with Crippen molar-refractivity contribution in [1.82, 2.24) is 10.2 Å². The van der Waals surface area contributed by atoms with Crippen molar-refractivity contribution in [2.75, 3.05) is 13.2 Å². The van der Waals surface area contributed by atoms with Gasteiger partial charge in [0.25, 0.3) is 5.91 Å². The summed E-state index contributed by atoms with van der Waals surface area (Å²) in [5.41, 5.74) is 1.19. The average Bonchev–Trinajstić information content (AvgIpc) is 3.30. The maximum absolute atomic E-state index is 12.8. The van der Waals surface area contributed by atoms with Crippen LogP contribution in [0.15, 0.2) is 46.7 Å². The van der Waals surface area contributed by atoms with Gasteiger partial charge < -0.3 is 19.2 Å². The second kappa shape index (κ2) is 9.41.